The summed E-state index contributed by atoms with van der Waals surface area (Å²) in [5, 5.41) is 22.5. The van der Waals surface area contributed by atoms with E-state index in [1.54, 1.807) is 28.6 Å². The number of benzene rings is 3. The van der Waals surface area contributed by atoms with E-state index < -0.39 is 10.0 Å². The lowest BCUT2D eigenvalue weighted by molar-refractivity contribution is 0.210. The molecule has 0 unspecified atom stereocenters. The van der Waals surface area contributed by atoms with Crippen molar-refractivity contribution in [2.45, 2.75) is 30.3 Å². The zero-order valence-electron chi connectivity index (χ0n) is 18.3. The van der Waals surface area contributed by atoms with Crippen LogP contribution < -0.4 is 5.32 Å². The van der Waals surface area contributed by atoms with Crippen molar-refractivity contribution in [3.05, 3.63) is 83.4 Å². The van der Waals surface area contributed by atoms with Crippen LogP contribution in [0.1, 0.15) is 29.2 Å². The molecule has 33 heavy (non-hydrogen) atoms. The molecule has 0 saturated carbocycles. The molecule has 0 spiro atoms. The maximum absolute atomic E-state index is 13.6. The van der Waals surface area contributed by atoms with Gasteiger partial charge in [0, 0.05) is 18.2 Å². The van der Waals surface area contributed by atoms with E-state index in [2.05, 4.69) is 11.4 Å². The van der Waals surface area contributed by atoms with Gasteiger partial charge in [0.2, 0.25) is 10.0 Å². The van der Waals surface area contributed by atoms with Crippen molar-refractivity contribution in [2.75, 3.05) is 18.5 Å². The third-order valence-corrected chi connectivity index (χ3v) is 8.69. The standard InChI is InChI=1S/C26H25N3O3S/c1-17-2-9-21(10-3-17)33(31,32)29-13-12-22-25(16-30)28-24-11-8-20(14-23(24)26(22)29)19-6-4-18(15-27)5-7-19/h2-11,14,22,25-26,28,30H,12-13,16H2,1H3/t22-,25+,26-/m0/s1. The average molecular weight is 460 g/mol. The van der Waals surface area contributed by atoms with Crippen molar-refractivity contribution in [3.63, 3.8) is 0 Å². The summed E-state index contributed by atoms with van der Waals surface area (Å²) in [6.45, 7) is 2.28. The summed E-state index contributed by atoms with van der Waals surface area (Å²) >= 11 is 0. The van der Waals surface area contributed by atoms with Gasteiger partial charge in [0.25, 0.3) is 0 Å². The molecule has 3 aromatic carbocycles. The van der Waals surface area contributed by atoms with Crippen molar-refractivity contribution >= 4 is 15.7 Å². The number of aryl methyl sites for hydroxylation is 1. The molecule has 2 aliphatic heterocycles. The number of hydrogen-bond acceptors (Lipinski definition) is 5. The number of sulfonamides is 1. The molecule has 2 N–H and O–H groups in total. The molecule has 168 valence electrons. The summed E-state index contributed by atoms with van der Waals surface area (Å²) in [5.41, 5.74) is 5.28. The number of aliphatic hydroxyl groups is 1. The quantitative estimate of drug-likeness (QED) is 0.613. The molecule has 6 nitrogen and oxygen atoms in total. The smallest absolute Gasteiger partial charge is 0.243 e. The first-order valence-electron chi connectivity index (χ1n) is 11.0. The Balaban J connectivity index is 1.59. The molecule has 2 aliphatic rings. The maximum Gasteiger partial charge on any atom is 0.243 e. The van der Waals surface area contributed by atoms with Gasteiger partial charge in [-0.3, -0.25) is 0 Å². The number of anilines is 1. The number of hydrogen-bond donors (Lipinski definition) is 2. The fourth-order valence-electron chi connectivity index (χ4n) is 5.05. The minimum Gasteiger partial charge on any atom is -0.394 e. The van der Waals surface area contributed by atoms with Crippen LogP contribution in [0.5, 0.6) is 0 Å². The highest BCUT2D eigenvalue weighted by Gasteiger charge is 2.48. The van der Waals surface area contributed by atoms with Crippen molar-refractivity contribution < 1.29 is 13.5 Å². The molecule has 3 aromatic rings. The highest BCUT2D eigenvalue weighted by atomic mass is 32.2. The molecule has 0 aliphatic carbocycles. The van der Waals surface area contributed by atoms with Crippen LogP contribution in [-0.4, -0.2) is 37.0 Å². The lowest BCUT2D eigenvalue weighted by atomic mass is 9.82. The Morgan fingerprint density at radius 1 is 1.06 bits per heavy atom. The van der Waals surface area contributed by atoms with Crippen molar-refractivity contribution in [1.29, 1.82) is 5.26 Å². The van der Waals surface area contributed by atoms with Crippen molar-refractivity contribution in [3.8, 4) is 17.2 Å². The van der Waals surface area contributed by atoms with Gasteiger partial charge in [0.05, 0.1) is 35.2 Å². The molecule has 1 fully saturated rings. The van der Waals surface area contributed by atoms with Gasteiger partial charge in [0.1, 0.15) is 0 Å². The summed E-state index contributed by atoms with van der Waals surface area (Å²) in [6.07, 6.45) is 0.675. The van der Waals surface area contributed by atoms with E-state index >= 15 is 0 Å². The van der Waals surface area contributed by atoms with E-state index in [-0.39, 0.29) is 29.5 Å². The van der Waals surface area contributed by atoms with E-state index in [4.69, 9.17) is 5.26 Å². The molecular formula is C26H25N3O3S. The van der Waals surface area contributed by atoms with Gasteiger partial charge in [-0.1, -0.05) is 35.9 Å². The largest absolute Gasteiger partial charge is 0.394 e. The predicted octanol–water partition coefficient (Wildman–Crippen LogP) is 4.07. The Hall–Kier alpha value is -3.18. The van der Waals surface area contributed by atoms with Crippen LogP contribution in [0.3, 0.4) is 0 Å². The van der Waals surface area contributed by atoms with Crippen LogP contribution in [0, 0.1) is 24.2 Å². The lowest BCUT2D eigenvalue weighted by Crippen LogP contribution is -2.42. The first kappa shape index (κ1) is 21.7. The van der Waals surface area contributed by atoms with Gasteiger partial charge in [-0.15, -0.1) is 0 Å². The van der Waals surface area contributed by atoms with E-state index in [9.17, 15) is 13.5 Å². The maximum atomic E-state index is 13.6. The molecule has 0 amide bonds. The fourth-order valence-corrected chi connectivity index (χ4v) is 6.72. The predicted molar refractivity (Wildman–Crippen MR) is 127 cm³/mol. The SMILES string of the molecule is Cc1ccc(S(=O)(=O)N2CC[C@@H]3[C@H]2c2cc(-c4ccc(C#N)cc4)ccc2N[C@@H]3CO)cc1. The first-order valence-corrected chi connectivity index (χ1v) is 12.5. The second-order valence-corrected chi connectivity index (χ2v) is 10.6. The van der Waals surface area contributed by atoms with E-state index in [0.717, 1.165) is 27.9 Å². The van der Waals surface area contributed by atoms with E-state index in [1.165, 1.54) is 0 Å². The van der Waals surface area contributed by atoms with Crippen LogP contribution >= 0.6 is 0 Å². The summed E-state index contributed by atoms with van der Waals surface area (Å²) in [5.74, 6) is -0.0288. The molecule has 0 radical (unpaired) electrons. The van der Waals surface area contributed by atoms with Gasteiger partial charge in [-0.25, -0.2) is 8.42 Å². The highest BCUT2D eigenvalue weighted by molar-refractivity contribution is 7.89. The Labute approximate surface area is 194 Å². The molecule has 0 bridgehead atoms. The third kappa shape index (κ3) is 3.70. The molecule has 3 atom stereocenters. The summed E-state index contributed by atoms with van der Waals surface area (Å²) < 4.78 is 28.9. The van der Waals surface area contributed by atoms with Gasteiger partial charge in [-0.05, 0) is 66.4 Å². The molecular weight excluding hydrogens is 434 g/mol. The zero-order valence-corrected chi connectivity index (χ0v) is 19.1. The van der Waals surface area contributed by atoms with Crippen LogP contribution in [0.4, 0.5) is 5.69 Å². The first-order chi connectivity index (χ1) is 15.9. The molecule has 7 heteroatoms. The van der Waals surface area contributed by atoms with E-state index in [0.29, 0.717) is 18.5 Å². The monoisotopic (exact) mass is 459 g/mol. The fraction of sp³-hybridized carbons (Fsp3) is 0.269. The summed E-state index contributed by atoms with van der Waals surface area (Å²) in [7, 11) is -3.70. The Morgan fingerprint density at radius 2 is 1.76 bits per heavy atom. The van der Waals surface area contributed by atoms with Crippen LogP contribution in [-0.2, 0) is 10.0 Å². The van der Waals surface area contributed by atoms with Crippen LogP contribution in [0.25, 0.3) is 11.1 Å². The topological polar surface area (TPSA) is 93.4 Å². The van der Waals surface area contributed by atoms with Gasteiger partial charge >= 0.3 is 0 Å². The average Bonchev–Trinajstić information content (AvgIpc) is 3.30. The Kier molecular flexibility index (Phi) is 5.45. The minimum atomic E-state index is -3.70. The number of rotatable bonds is 4. The number of fused-ring (bicyclic) bond motifs is 3. The number of nitrogens with zero attached hydrogens (tertiary/aromatic N) is 2. The molecule has 0 aromatic heterocycles. The normalized spacial score (nSPS) is 22.2. The molecule has 2 heterocycles. The van der Waals surface area contributed by atoms with Crippen LogP contribution in [0.2, 0.25) is 0 Å². The summed E-state index contributed by atoms with van der Waals surface area (Å²) in [4.78, 5) is 0.289. The van der Waals surface area contributed by atoms with Gasteiger partial charge < -0.3 is 10.4 Å². The second-order valence-electron chi connectivity index (χ2n) is 8.75. The Bertz CT molecular complexity index is 1330. The van der Waals surface area contributed by atoms with Crippen LogP contribution in [0.15, 0.2) is 71.6 Å². The van der Waals surface area contributed by atoms with Crippen molar-refractivity contribution in [2.24, 2.45) is 5.92 Å². The second kappa shape index (κ2) is 8.31. The van der Waals surface area contributed by atoms with E-state index in [1.807, 2.05) is 49.4 Å². The molecule has 5 rings (SSSR count). The lowest BCUT2D eigenvalue weighted by Gasteiger charge is -2.39. The molecule has 1 saturated heterocycles. The number of nitriles is 1. The van der Waals surface area contributed by atoms with Crippen molar-refractivity contribution in [1.82, 2.24) is 4.31 Å². The summed E-state index contributed by atoms with van der Waals surface area (Å²) in [6, 6.07) is 21.9. The number of nitrogens with one attached hydrogen (secondary N) is 1. The Morgan fingerprint density at radius 3 is 2.42 bits per heavy atom. The highest BCUT2D eigenvalue weighted by Crippen LogP contribution is 2.49. The van der Waals surface area contributed by atoms with Gasteiger partial charge in [0.15, 0.2) is 0 Å². The third-order valence-electron chi connectivity index (χ3n) is 6.80. The zero-order chi connectivity index (χ0) is 23.2. The minimum absolute atomic E-state index is 0.0288. The number of aliphatic hydroxyl groups excluding tert-OH is 1. The van der Waals surface area contributed by atoms with Gasteiger partial charge in [-0.2, -0.15) is 9.57 Å².